The van der Waals surface area contributed by atoms with Gasteiger partial charge in [0.05, 0.1) is 0 Å². The van der Waals surface area contributed by atoms with Gasteiger partial charge in [-0.3, -0.25) is 4.79 Å². The highest BCUT2D eigenvalue weighted by atomic mass is 16.5. The highest BCUT2D eigenvalue weighted by Gasteiger charge is 2.00. The molecule has 0 aromatic heterocycles. The Kier molecular flexibility index (Phi) is 8.46. The van der Waals surface area contributed by atoms with Gasteiger partial charge >= 0.3 is 0 Å². The molecule has 0 rings (SSSR count). The number of hydrogen-bond acceptors (Lipinski definition) is 2. The van der Waals surface area contributed by atoms with E-state index in [0.717, 1.165) is 19.3 Å². The lowest BCUT2D eigenvalue weighted by Crippen LogP contribution is -2.08. The first-order valence-electron chi connectivity index (χ1n) is 4.90. The lowest BCUT2D eigenvalue weighted by molar-refractivity contribution is -0.123. The van der Waals surface area contributed by atoms with E-state index in [1.807, 2.05) is 6.92 Å². The van der Waals surface area contributed by atoms with E-state index >= 15 is 0 Å². The van der Waals surface area contributed by atoms with Crippen LogP contribution in [0.1, 0.15) is 46.0 Å². The van der Waals surface area contributed by atoms with Crippen LogP contribution in [-0.4, -0.2) is 19.0 Å². The highest BCUT2D eigenvalue weighted by molar-refractivity contribution is 5.79. The number of unbranched alkanes of at least 4 members (excludes halogenated alkanes) is 2. The fourth-order valence-electron chi connectivity index (χ4n) is 0.975. The number of ketones is 1. The third kappa shape index (κ3) is 7.73. The SMILES string of the molecule is CCCCCC(=O)COCCC. The van der Waals surface area contributed by atoms with Crippen LogP contribution in [0.3, 0.4) is 0 Å². The highest BCUT2D eigenvalue weighted by Crippen LogP contribution is 1.99. The van der Waals surface area contributed by atoms with Gasteiger partial charge in [0.2, 0.25) is 0 Å². The maximum atomic E-state index is 11.1. The molecule has 0 N–H and O–H groups in total. The summed E-state index contributed by atoms with van der Waals surface area (Å²) in [7, 11) is 0. The van der Waals surface area contributed by atoms with Gasteiger partial charge < -0.3 is 4.74 Å². The summed E-state index contributed by atoms with van der Waals surface area (Å²) >= 11 is 0. The molecule has 2 nitrogen and oxygen atoms in total. The second-order valence-corrected chi connectivity index (χ2v) is 3.05. The van der Waals surface area contributed by atoms with Gasteiger partial charge in [-0.2, -0.15) is 0 Å². The second kappa shape index (κ2) is 8.72. The van der Waals surface area contributed by atoms with Crippen molar-refractivity contribution < 1.29 is 9.53 Å². The summed E-state index contributed by atoms with van der Waals surface area (Å²) in [4.78, 5) is 11.1. The molecule has 0 heterocycles. The normalized spacial score (nSPS) is 10.2. The minimum absolute atomic E-state index is 0.247. The topological polar surface area (TPSA) is 26.3 Å². The van der Waals surface area contributed by atoms with Gasteiger partial charge in [-0.05, 0) is 12.8 Å². The lowest BCUT2D eigenvalue weighted by atomic mass is 10.1. The van der Waals surface area contributed by atoms with Gasteiger partial charge in [0.15, 0.2) is 5.78 Å². The van der Waals surface area contributed by atoms with E-state index in [2.05, 4.69) is 6.92 Å². The molecule has 0 unspecified atom stereocenters. The Morgan fingerprint density at radius 1 is 1.17 bits per heavy atom. The second-order valence-electron chi connectivity index (χ2n) is 3.05. The van der Waals surface area contributed by atoms with Crippen LogP contribution in [0.25, 0.3) is 0 Å². The molecular weight excluding hydrogens is 152 g/mol. The van der Waals surface area contributed by atoms with E-state index in [1.165, 1.54) is 6.42 Å². The van der Waals surface area contributed by atoms with E-state index in [1.54, 1.807) is 0 Å². The summed E-state index contributed by atoms with van der Waals surface area (Å²) in [5.41, 5.74) is 0. The quantitative estimate of drug-likeness (QED) is 0.526. The molecule has 0 aromatic carbocycles. The molecule has 0 atom stereocenters. The third-order valence-corrected chi connectivity index (χ3v) is 1.67. The number of Topliss-reactive ketones (excluding diaryl/α,β-unsaturated/α-hetero) is 1. The maximum Gasteiger partial charge on any atom is 0.158 e. The average Bonchev–Trinajstić information content (AvgIpc) is 2.06. The first-order chi connectivity index (χ1) is 5.81. The van der Waals surface area contributed by atoms with Gasteiger partial charge in [-0.15, -0.1) is 0 Å². The summed E-state index contributed by atoms with van der Waals surface area (Å²) in [5, 5.41) is 0. The van der Waals surface area contributed by atoms with Crippen LogP contribution >= 0.6 is 0 Å². The predicted molar refractivity (Wildman–Crippen MR) is 50.3 cm³/mol. The van der Waals surface area contributed by atoms with E-state index in [0.29, 0.717) is 19.6 Å². The predicted octanol–water partition coefficient (Wildman–Crippen LogP) is 2.56. The van der Waals surface area contributed by atoms with Crippen LogP contribution in [0.15, 0.2) is 0 Å². The fourth-order valence-corrected chi connectivity index (χ4v) is 0.975. The Morgan fingerprint density at radius 2 is 1.92 bits per heavy atom. The zero-order valence-corrected chi connectivity index (χ0v) is 8.27. The zero-order chi connectivity index (χ0) is 9.23. The molecular formula is C10H20O2. The van der Waals surface area contributed by atoms with Crippen molar-refractivity contribution in [1.82, 2.24) is 0 Å². The smallest absolute Gasteiger partial charge is 0.158 e. The van der Waals surface area contributed by atoms with E-state index in [-0.39, 0.29) is 5.78 Å². The Balaban J connectivity index is 3.10. The van der Waals surface area contributed by atoms with Crippen molar-refractivity contribution in [3.8, 4) is 0 Å². The Labute approximate surface area is 75.3 Å². The summed E-state index contributed by atoms with van der Waals surface area (Å²) in [6.45, 7) is 5.21. The van der Waals surface area contributed by atoms with Gasteiger partial charge in [-0.1, -0.05) is 26.7 Å². The molecule has 0 bridgehead atoms. The van der Waals surface area contributed by atoms with Gasteiger partial charge in [-0.25, -0.2) is 0 Å². The molecule has 2 heteroatoms. The molecule has 0 aliphatic carbocycles. The van der Waals surface area contributed by atoms with Crippen molar-refractivity contribution in [2.45, 2.75) is 46.0 Å². The van der Waals surface area contributed by atoms with Gasteiger partial charge in [0.25, 0.3) is 0 Å². The van der Waals surface area contributed by atoms with Gasteiger partial charge in [0, 0.05) is 13.0 Å². The standard InChI is InChI=1S/C10H20O2/c1-3-5-6-7-10(11)9-12-8-4-2/h3-9H2,1-2H3. The molecule has 0 radical (unpaired) electrons. The van der Waals surface area contributed by atoms with Crippen LogP contribution in [-0.2, 0) is 9.53 Å². The molecule has 0 saturated heterocycles. The first kappa shape index (κ1) is 11.6. The third-order valence-electron chi connectivity index (χ3n) is 1.67. The van der Waals surface area contributed by atoms with Gasteiger partial charge in [0.1, 0.15) is 6.61 Å². The first-order valence-corrected chi connectivity index (χ1v) is 4.90. The minimum atomic E-state index is 0.247. The largest absolute Gasteiger partial charge is 0.374 e. The monoisotopic (exact) mass is 172 g/mol. The summed E-state index contributed by atoms with van der Waals surface area (Å²) < 4.78 is 5.13. The number of ether oxygens (including phenoxy) is 1. The molecule has 0 saturated carbocycles. The fraction of sp³-hybridized carbons (Fsp3) is 0.900. The zero-order valence-electron chi connectivity index (χ0n) is 8.27. The maximum absolute atomic E-state index is 11.1. The number of carbonyl (C=O) groups is 1. The summed E-state index contributed by atoms with van der Waals surface area (Å²) in [6, 6.07) is 0. The molecule has 0 fully saturated rings. The van der Waals surface area contributed by atoms with E-state index in [9.17, 15) is 4.79 Å². The average molecular weight is 172 g/mol. The van der Waals surface area contributed by atoms with Crippen LogP contribution in [0.5, 0.6) is 0 Å². The van der Waals surface area contributed by atoms with Crippen LogP contribution < -0.4 is 0 Å². The van der Waals surface area contributed by atoms with Crippen LogP contribution in [0.2, 0.25) is 0 Å². The molecule has 12 heavy (non-hydrogen) atoms. The summed E-state index contributed by atoms with van der Waals surface area (Å²) in [5.74, 6) is 0.247. The van der Waals surface area contributed by atoms with Crippen molar-refractivity contribution in [2.75, 3.05) is 13.2 Å². The Morgan fingerprint density at radius 3 is 2.50 bits per heavy atom. The van der Waals surface area contributed by atoms with E-state index in [4.69, 9.17) is 4.74 Å². The number of carbonyl (C=O) groups excluding carboxylic acids is 1. The number of rotatable bonds is 8. The molecule has 0 aliphatic heterocycles. The van der Waals surface area contributed by atoms with Crippen molar-refractivity contribution in [2.24, 2.45) is 0 Å². The summed E-state index contributed by atoms with van der Waals surface area (Å²) in [6.07, 6.45) is 5.02. The molecule has 0 spiro atoms. The molecule has 0 aromatic rings. The number of hydrogen-bond donors (Lipinski definition) is 0. The van der Waals surface area contributed by atoms with E-state index < -0.39 is 0 Å². The van der Waals surface area contributed by atoms with Crippen LogP contribution in [0, 0.1) is 0 Å². The van der Waals surface area contributed by atoms with Crippen LogP contribution in [0.4, 0.5) is 0 Å². The Bertz CT molecular complexity index is 98.4. The molecule has 0 aliphatic rings. The molecule has 72 valence electrons. The van der Waals surface area contributed by atoms with Crippen molar-refractivity contribution in [3.63, 3.8) is 0 Å². The minimum Gasteiger partial charge on any atom is -0.374 e. The Hall–Kier alpha value is -0.370. The van der Waals surface area contributed by atoms with Crippen molar-refractivity contribution in [1.29, 1.82) is 0 Å². The van der Waals surface area contributed by atoms with Crippen molar-refractivity contribution >= 4 is 5.78 Å². The van der Waals surface area contributed by atoms with Crippen molar-refractivity contribution in [3.05, 3.63) is 0 Å². The molecule has 0 amide bonds. The lowest BCUT2D eigenvalue weighted by Gasteiger charge is -2.00.